The first-order chi connectivity index (χ1) is 12.8. The van der Waals surface area contributed by atoms with Gasteiger partial charge in [-0.3, -0.25) is 10.3 Å². The maximum absolute atomic E-state index is 5.40. The smallest absolute Gasteiger partial charge is 0.256 e. The van der Waals surface area contributed by atoms with Crippen LogP contribution in [0.1, 0.15) is 0 Å². The molecular formula is C18H16N6O2. The average molecular weight is 348 g/mol. The van der Waals surface area contributed by atoms with E-state index in [0.29, 0.717) is 17.5 Å². The summed E-state index contributed by atoms with van der Waals surface area (Å²) >= 11 is 0. The molecule has 0 amide bonds. The molecule has 3 heterocycles. The van der Waals surface area contributed by atoms with Gasteiger partial charge in [-0.1, -0.05) is 18.2 Å². The Kier molecular flexibility index (Phi) is 3.05. The van der Waals surface area contributed by atoms with Crippen LogP contribution in [0.3, 0.4) is 0 Å². The lowest BCUT2D eigenvalue weighted by atomic mass is 10.2. The normalized spacial score (nSPS) is 14.8. The Morgan fingerprint density at radius 3 is 2.69 bits per heavy atom. The van der Waals surface area contributed by atoms with Crippen molar-refractivity contribution < 1.29 is 9.47 Å². The molecule has 0 saturated carbocycles. The van der Waals surface area contributed by atoms with Gasteiger partial charge in [0.15, 0.2) is 17.3 Å². The lowest BCUT2D eigenvalue weighted by molar-refractivity contribution is 0.355. The molecule has 2 N–H and O–H groups in total. The Labute approximate surface area is 149 Å². The molecule has 2 aromatic carbocycles. The van der Waals surface area contributed by atoms with Crippen molar-refractivity contribution in [1.82, 2.24) is 4.98 Å². The Hall–Kier alpha value is -3.68. The number of hydrogen-bond donors (Lipinski definition) is 2. The lowest BCUT2D eigenvalue weighted by Gasteiger charge is -2.24. The highest BCUT2D eigenvalue weighted by molar-refractivity contribution is 6.23. The largest absolute Gasteiger partial charge is 0.493 e. The number of ether oxygens (including phenoxy) is 2. The van der Waals surface area contributed by atoms with Crippen LogP contribution >= 0.6 is 0 Å². The fourth-order valence-electron chi connectivity index (χ4n) is 3.23. The lowest BCUT2D eigenvalue weighted by Crippen LogP contribution is -2.37. The molecule has 3 aromatic rings. The van der Waals surface area contributed by atoms with Crippen LogP contribution in [-0.2, 0) is 0 Å². The number of guanidine groups is 1. The SMILES string of the molecule is COc1ccc(N2C=NN3C2=NNc2c3[nH]c3ccccc23)cc1OC. The Bertz CT molecular complexity index is 1070. The molecule has 5 rings (SSSR count). The van der Waals surface area contributed by atoms with E-state index in [0.717, 1.165) is 28.1 Å². The molecule has 0 atom stereocenters. The van der Waals surface area contributed by atoms with Gasteiger partial charge in [0.25, 0.3) is 5.96 Å². The summed E-state index contributed by atoms with van der Waals surface area (Å²) in [5, 5.41) is 11.9. The van der Waals surface area contributed by atoms with Gasteiger partial charge in [0.05, 0.1) is 19.9 Å². The van der Waals surface area contributed by atoms with Crippen LogP contribution < -0.4 is 24.8 Å². The van der Waals surface area contributed by atoms with E-state index in [4.69, 9.17) is 9.47 Å². The monoisotopic (exact) mass is 348 g/mol. The average Bonchev–Trinajstić information content (AvgIpc) is 3.28. The van der Waals surface area contributed by atoms with Gasteiger partial charge in [-0.2, -0.15) is 10.1 Å². The molecule has 0 spiro atoms. The molecule has 8 nitrogen and oxygen atoms in total. The van der Waals surface area contributed by atoms with Crippen molar-refractivity contribution in [1.29, 1.82) is 0 Å². The highest BCUT2D eigenvalue weighted by Gasteiger charge is 2.33. The van der Waals surface area contributed by atoms with Crippen LogP contribution in [0.15, 0.2) is 52.7 Å². The Morgan fingerprint density at radius 2 is 1.85 bits per heavy atom. The fourth-order valence-corrected chi connectivity index (χ4v) is 3.23. The molecule has 26 heavy (non-hydrogen) atoms. The van der Waals surface area contributed by atoms with Gasteiger partial charge in [0.2, 0.25) is 0 Å². The number of para-hydroxylation sites is 1. The van der Waals surface area contributed by atoms with Gasteiger partial charge in [0.1, 0.15) is 12.0 Å². The van der Waals surface area contributed by atoms with Crippen molar-refractivity contribution in [2.45, 2.75) is 0 Å². The number of rotatable bonds is 3. The Balaban J connectivity index is 1.55. The summed E-state index contributed by atoms with van der Waals surface area (Å²) < 4.78 is 10.7. The molecule has 2 aliphatic heterocycles. The van der Waals surface area contributed by atoms with Crippen molar-refractivity contribution >= 4 is 40.4 Å². The molecule has 2 aliphatic rings. The van der Waals surface area contributed by atoms with Crippen molar-refractivity contribution in [2.75, 3.05) is 29.6 Å². The fraction of sp³-hybridized carbons (Fsp3) is 0.111. The standard InChI is InChI=1S/C18H16N6O2/c1-25-14-8-7-11(9-15(14)26-2)23-10-19-24-17-16(21-22-18(23)24)12-5-3-4-6-13(12)20-17/h3-10,20-21H,1-2H3. The van der Waals surface area contributed by atoms with Crippen LogP contribution in [-0.4, -0.2) is 31.5 Å². The van der Waals surface area contributed by atoms with E-state index in [1.807, 2.05) is 47.4 Å². The molecule has 0 fully saturated rings. The number of nitrogens with one attached hydrogen (secondary N) is 2. The number of anilines is 3. The number of hydrazone groups is 2. The summed E-state index contributed by atoms with van der Waals surface area (Å²) in [7, 11) is 3.23. The van der Waals surface area contributed by atoms with Crippen molar-refractivity contribution in [2.24, 2.45) is 10.2 Å². The molecule has 0 bridgehead atoms. The van der Waals surface area contributed by atoms with Gasteiger partial charge in [-0.05, 0) is 18.2 Å². The number of nitrogens with zero attached hydrogens (tertiary/aromatic N) is 4. The molecular weight excluding hydrogens is 332 g/mol. The van der Waals surface area contributed by atoms with Crippen molar-refractivity contribution in [3.63, 3.8) is 0 Å². The molecule has 0 saturated heterocycles. The van der Waals surface area contributed by atoms with Crippen molar-refractivity contribution in [3.05, 3.63) is 42.5 Å². The van der Waals surface area contributed by atoms with E-state index < -0.39 is 0 Å². The summed E-state index contributed by atoms with van der Waals surface area (Å²) in [5.41, 5.74) is 5.96. The van der Waals surface area contributed by atoms with Crippen LogP contribution in [0.25, 0.3) is 10.9 Å². The number of aromatic nitrogens is 1. The van der Waals surface area contributed by atoms with Gasteiger partial charge >= 0.3 is 0 Å². The zero-order valence-corrected chi connectivity index (χ0v) is 14.2. The predicted molar refractivity (Wildman–Crippen MR) is 102 cm³/mol. The van der Waals surface area contributed by atoms with E-state index in [-0.39, 0.29) is 0 Å². The van der Waals surface area contributed by atoms with Gasteiger partial charge in [-0.15, -0.1) is 5.10 Å². The second kappa shape index (κ2) is 5.41. The first kappa shape index (κ1) is 14.6. The minimum atomic E-state index is 0.646. The third-order valence-corrected chi connectivity index (χ3v) is 4.50. The van der Waals surface area contributed by atoms with Crippen LogP contribution in [0, 0.1) is 0 Å². The van der Waals surface area contributed by atoms with E-state index >= 15 is 0 Å². The first-order valence-corrected chi connectivity index (χ1v) is 8.10. The molecule has 0 aliphatic carbocycles. The van der Waals surface area contributed by atoms with Crippen LogP contribution in [0.2, 0.25) is 0 Å². The second-order valence-electron chi connectivity index (χ2n) is 5.87. The zero-order valence-electron chi connectivity index (χ0n) is 14.2. The topological polar surface area (TPSA) is 77.5 Å². The van der Waals surface area contributed by atoms with Crippen molar-refractivity contribution in [3.8, 4) is 11.5 Å². The van der Waals surface area contributed by atoms with E-state index in [1.54, 1.807) is 25.6 Å². The quantitative estimate of drug-likeness (QED) is 0.760. The second-order valence-corrected chi connectivity index (χ2v) is 5.87. The third kappa shape index (κ3) is 1.95. The number of methoxy groups -OCH3 is 2. The minimum Gasteiger partial charge on any atom is -0.493 e. The summed E-state index contributed by atoms with van der Waals surface area (Å²) in [6.45, 7) is 0. The summed E-state index contributed by atoms with van der Waals surface area (Å²) in [4.78, 5) is 5.28. The van der Waals surface area contributed by atoms with E-state index in [1.165, 1.54) is 0 Å². The molecule has 0 unspecified atom stereocenters. The number of aromatic amines is 1. The van der Waals surface area contributed by atoms with E-state index in [2.05, 4.69) is 20.6 Å². The summed E-state index contributed by atoms with van der Waals surface area (Å²) in [5.74, 6) is 2.82. The van der Waals surface area contributed by atoms with Gasteiger partial charge < -0.3 is 14.5 Å². The molecule has 0 radical (unpaired) electrons. The first-order valence-electron chi connectivity index (χ1n) is 8.10. The molecule has 8 heteroatoms. The predicted octanol–water partition coefficient (Wildman–Crippen LogP) is 3.15. The third-order valence-electron chi connectivity index (χ3n) is 4.50. The summed E-state index contributed by atoms with van der Waals surface area (Å²) in [6, 6.07) is 13.7. The maximum Gasteiger partial charge on any atom is 0.256 e. The van der Waals surface area contributed by atoms with Gasteiger partial charge in [0, 0.05) is 17.0 Å². The molecule has 130 valence electrons. The van der Waals surface area contributed by atoms with E-state index in [9.17, 15) is 0 Å². The molecule has 1 aromatic heterocycles. The number of benzene rings is 2. The Morgan fingerprint density at radius 1 is 1.00 bits per heavy atom. The zero-order chi connectivity index (χ0) is 17.7. The number of hydrogen-bond acceptors (Lipinski definition) is 7. The summed E-state index contributed by atoms with van der Waals surface area (Å²) in [6.07, 6.45) is 1.72. The minimum absolute atomic E-state index is 0.646. The highest BCUT2D eigenvalue weighted by Crippen LogP contribution is 2.39. The van der Waals surface area contributed by atoms with Crippen LogP contribution in [0.4, 0.5) is 17.2 Å². The van der Waals surface area contributed by atoms with Gasteiger partial charge in [-0.25, -0.2) is 0 Å². The number of fused-ring (bicyclic) bond motifs is 5. The highest BCUT2D eigenvalue weighted by atomic mass is 16.5. The maximum atomic E-state index is 5.40. The number of H-pyrrole nitrogens is 1. The van der Waals surface area contributed by atoms with Crippen LogP contribution in [0.5, 0.6) is 11.5 Å².